The minimum Gasteiger partial charge on any atom is -0.389 e. The van der Waals surface area contributed by atoms with Crippen LogP contribution >= 0.6 is 0 Å². The molecule has 1 fully saturated rings. The summed E-state index contributed by atoms with van der Waals surface area (Å²) in [4.78, 5) is 0. The van der Waals surface area contributed by atoms with Crippen molar-refractivity contribution < 1.29 is 13.5 Å². The maximum absolute atomic E-state index is 12.3. The van der Waals surface area contributed by atoms with Gasteiger partial charge in [0, 0.05) is 13.1 Å². The Morgan fingerprint density at radius 3 is 2.28 bits per heavy atom. The molecule has 0 amide bonds. The SMILES string of the molecule is CC1CCCN(S(=O)(=O)NC(C)(C)C(C)(C)O)C1. The number of hydrogen-bond acceptors (Lipinski definition) is 3. The van der Waals surface area contributed by atoms with Crippen LogP contribution in [0.1, 0.15) is 47.5 Å². The summed E-state index contributed by atoms with van der Waals surface area (Å²) < 4.78 is 28.7. The molecule has 1 rings (SSSR count). The van der Waals surface area contributed by atoms with Gasteiger partial charge in [-0.05, 0) is 46.5 Å². The van der Waals surface area contributed by atoms with E-state index in [1.807, 2.05) is 0 Å². The lowest BCUT2D eigenvalue weighted by molar-refractivity contribution is 0.00547. The number of nitrogens with zero attached hydrogens (tertiary/aromatic N) is 1. The molecule has 1 aliphatic rings. The predicted octanol–water partition coefficient (Wildman–Crippen LogP) is 1.10. The van der Waals surface area contributed by atoms with Crippen molar-refractivity contribution in [1.29, 1.82) is 0 Å². The highest BCUT2D eigenvalue weighted by Gasteiger charge is 2.40. The van der Waals surface area contributed by atoms with Gasteiger partial charge in [-0.25, -0.2) is 0 Å². The highest BCUT2D eigenvalue weighted by atomic mass is 32.2. The average molecular weight is 278 g/mol. The molecule has 1 heterocycles. The van der Waals surface area contributed by atoms with Gasteiger partial charge in [0.15, 0.2) is 0 Å². The molecule has 1 aliphatic heterocycles. The molecule has 0 spiro atoms. The fourth-order valence-corrected chi connectivity index (χ4v) is 3.72. The van der Waals surface area contributed by atoms with Crippen LogP contribution < -0.4 is 4.72 Å². The van der Waals surface area contributed by atoms with E-state index in [0.717, 1.165) is 12.8 Å². The first-order valence-corrected chi connectivity index (χ1v) is 7.91. The molecule has 5 nitrogen and oxygen atoms in total. The van der Waals surface area contributed by atoms with Gasteiger partial charge in [-0.2, -0.15) is 17.4 Å². The molecule has 1 atom stereocenters. The Morgan fingerprint density at radius 1 is 1.28 bits per heavy atom. The molecular weight excluding hydrogens is 252 g/mol. The van der Waals surface area contributed by atoms with Crippen molar-refractivity contribution in [2.75, 3.05) is 13.1 Å². The monoisotopic (exact) mass is 278 g/mol. The largest absolute Gasteiger partial charge is 0.389 e. The third kappa shape index (κ3) is 3.66. The van der Waals surface area contributed by atoms with Crippen LogP contribution in [0.5, 0.6) is 0 Å². The highest BCUT2D eigenvalue weighted by Crippen LogP contribution is 2.24. The Bertz CT molecular complexity index is 385. The van der Waals surface area contributed by atoms with E-state index >= 15 is 0 Å². The van der Waals surface area contributed by atoms with E-state index in [2.05, 4.69) is 11.6 Å². The van der Waals surface area contributed by atoms with Crippen LogP contribution in [-0.2, 0) is 10.2 Å². The third-order valence-corrected chi connectivity index (χ3v) is 5.65. The zero-order valence-corrected chi connectivity index (χ0v) is 12.8. The minimum absolute atomic E-state index is 0.389. The number of rotatable bonds is 4. The number of nitrogens with one attached hydrogen (secondary N) is 1. The van der Waals surface area contributed by atoms with E-state index < -0.39 is 21.3 Å². The van der Waals surface area contributed by atoms with Crippen LogP contribution in [0, 0.1) is 5.92 Å². The molecule has 0 saturated carbocycles. The molecular formula is C12H26N2O3S. The molecule has 1 unspecified atom stereocenters. The topological polar surface area (TPSA) is 69.6 Å². The first kappa shape index (κ1) is 15.9. The number of hydrogen-bond donors (Lipinski definition) is 2. The summed E-state index contributed by atoms with van der Waals surface area (Å²) in [7, 11) is -3.53. The molecule has 0 bridgehead atoms. The van der Waals surface area contributed by atoms with Crippen molar-refractivity contribution in [3.8, 4) is 0 Å². The smallest absolute Gasteiger partial charge is 0.280 e. The van der Waals surface area contributed by atoms with Crippen LogP contribution in [-0.4, -0.2) is 42.1 Å². The summed E-state index contributed by atoms with van der Waals surface area (Å²) in [5.74, 6) is 0.389. The van der Waals surface area contributed by atoms with Gasteiger partial charge >= 0.3 is 0 Å². The molecule has 1 saturated heterocycles. The summed E-state index contributed by atoms with van der Waals surface area (Å²) in [6.45, 7) is 9.76. The van der Waals surface area contributed by atoms with Gasteiger partial charge in [0.05, 0.1) is 11.1 Å². The maximum atomic E-state index is 12.3. The second kappa shape index (κ2) is 5.07. The molecule has 0 aliphatic carbocycles. The van der Waals surface area contributed by atoms with Crippen molar-refractivity contribution in [2.24, 2.45) is 5.92 Å². The van der Waals surface area contributed by atoms with Gasteiger partial charge in [-0.15, -0.1) is 0 Å². The lowest BCUT2D eigenvalue weighted by atomic mass is 9.87. The van der Waals surface area contributed by atoms with E-state index in [-0.39, 0.29) is 0 Å². The molecule has 0 aromatic carbocycles. The normalized spacial score (nSPS) is 24.2. The summed E-state index contributed by atoms with van der Waals surface area (Å²) >= 11 is 0. The summed E-state index contributed by atoms with van der Waals surface area (Å²) in [6, 6.07) is 0. The zero-order chi connectivity index (χ0) is 14.2. The zero-order valence-electron chi connectivity index (χ0n) is 12.0. The van der Waals surface area contributed by atoms with Crippen LogP contribution in [0.2, 0.25) is 0 Å². The Kier molecular flexibility index (Phi) is 4.48. The lowest BCUT2D eigenvalue weighted by Gasteiger charge is -2.40. The number of piperidine rings is 1. The standard InChI is InChI=1S/C12H26N2O3S/c1-10-7-6-8-14(9-10)18(16,17)13-11(2,3)12(4,5)15/h10,13,15H,6-9H2,1-5H3. The van der Waals surface area contributed by atoms with E-state index in [1.54, 1.807) is 27.7 Å². The van der Waals surface area contributed by atoms with E-state index in [0.29, 0.717) is 19.0 Å². The molecule has 108 valence electrons. The van der Waals surface area contributed by atoms with Crippen molar-refractivity contribution in [1.82, 2.24) is 9.03 Å². The fourth-order valence-electron chi connectivity index (χ4n) is 1.88. The third-order valence-electron chi connectivity index (χ3n) is 3.87. The van der Waals surface area contributed by atoms with Gasteiger partial charge in [-0.1, -0.05) is 6.92 Å². The van der Waals surface area contributed by atoms with Crippen LogP contribution in [0.25, 0.3) is 0 Å². The molecule has 0 aromatic heterocycles. The fraction of sp³-hybridized carbons (Fsp3) is 1.00. The summed E-state index contributed by atoms with van der Waals surface area (Å²) in [5, 5.41) is 10.0. The van der Waals surface area contributed by atoms with E-state index in [9.17, 15) is 13.5 Å². The quantitative estimate of drug-likeness (QED) is 0.809. The molecule has 18 heavy (non-hydrogen) atoms. The molecule has 6 heteroatoms. The predicted molar refractivity (Wildman–Crippen MR) is 72.4 cm³/mol. The van der Waals surface area contributed by atoms with Gasteiger partial charge in [0.25, 0.3) is 10.2 Å². The van der Waals surface area contributed by atoms with Crippen LogP contribution in [0.4, 0.5) is 0 Å². The van der Waals surface area contributed by atoms with Crippen molar-refractivity contribution in [3.05, 3.63) is 0 Å². The average Bonchev–Trinajstić information content (AvgIpc) is 2.14. The first-order valence-electron chi connectivity index (χ1n) is 6.47. The Morgan fingerprint density at radius 2 is 1.83 bits per heavy atom. The van der Waals surface area contributed by atoms with E-state index in [4.69, 9.17) is 0 Å². The summed E-state index contributed by atoms with van der Waals surface area (Å²) in [6.07, 6.45) is 1.96. The van der Waals surface area contributed by atoms with E-state index in [1.165, 1.54) is 4.31 Å². The van der Waals surface area contributed by atoms with Gasteiger partial charge < -0.3 is 5.11 Å². The summed E-state index contributed by atoms with van der Waals surface area (Å²) in [5.41, 5.74) is -2.03. The van der Waals surface area contributed by atoms with Gasteiger partial charge in [0.1, 0.15) is 0 Å². The van der Waals surface area contributed by atoms with Crippen molar-refractivity contribution >= 4 is 10.2 Å². The molecule has 2 N–H and O–H groups in total. The van der Waals surface area contributed by atoms with Crippen molar-refractivity contribution in [3.63, 3.8) is 0 Å². The second-order valence-electron chi connectivity index (χ2n) is 6.40. The van der Waals surface area contributed by atoms with Gasteiger partial charge in [0.2, 0.25) is 0 Å². The first-order chi connectivity index (χ1) is 7.96. The number of aliphatic hydroxyl groups is 1. The molecule has 0 aromatic rings. The maximum Gasteiger partial charge on any atom is 0.280 e. The lowest BCUT2D eigenvalue weighted by Crippen LogP contribution is -2.61. The van der Waals surface area contributed by atoms with Crippen molar-refractivity contribution in [2.45, 2.75) is 58.6 Å². The second-order valence-corrected chi connectivity index (χ2v) is 8.07. The van der Waals surface area contributed by atoms with Gasteiger partial charge in [-0.3, -0.25) is 0 Å². The Balaban J connectivity index is 2.82. The highest BCUT2D eigenvalue weighted by molar-refractivity contribution is 7.87. The minimum atomic E-state index is -3.53. The molecule has 0 radical (unpaired) electrons. The van der Waals surface area contributed by atoms with Crippen LogP contribution in [0.3, 0.4) is 0 Å². The van der Waals surface area contributed by atoms with Crippen LogP contribution in [0.15, 0.2) is 0 Å². The Labute approximate surface area is 111 Å². The Hall–Kier alpha value is -0.170.